The van der Waals surface area contributed by atoms with Crippen LogP contribution in [-0.4, -0.2) is 15.8 Å². The Labute approximate surface area is 110 Å². The third-order valence-corrected chi connectivity index (χ3v) is 5.31. The van der Waals surface area contributed by atoms with E-state index in [9.17, 15) is 9.90 Å². The lowest BCUT2D eigenvalue weighted by Crippen LogP contribution is -2.37. The molecule has 4 heteroatoms. The second-order valence-electron chi connectivity index (χ2n) is 4.55. The first-order valence-corrected chi connectivity index (χ1v) is 6.92. The Hall–Kier alpha value is -0.670. The normalized spacial score (nSPS) is 28.2. The Bertz CT molecular complexity index is 435. The number of carbonyl (C=O) groups is 1. The zero-order chi connectivity index (χ0) is 12.5. The van der Waals surface area contributed by atoms with Gasteiger partial charge >= 0.3 is 5.97 Å². The minimum absolute atomic E-state index is 0.198. The summed E-state index contributed by atoms with van der Waals surface area (Å²) in [6.07, 6.45) is 2.71. The van der Waals surface area contributed by atoms with E-state index in [2.05, 4.69) is 0 Å². The van der Waals surface area contributed by atoms with Crippen LogP contribution < -0.4 is 0 Å². The van der Waals surface area contributed by atoms with E-state index in [0.717, 1.165) is 24.2 Å². The van der Waals surface area contributed by atoms with Crippen molar-refractivity contribution < 1.29 is 9.90 Å². The van der Waals surface area contributed by atoms with Gasteiger partial charge in [0.05, 0.1) is 0 Å². The van der Waals surface area contributed by atoms with Crippen LogP contribution in [0.3, 0.4) is 0 Å². The minimum atomic E-state index is -0.701. The highest BCUT2D eigenvalue weighted by Crippen LogP contribution is 2.49. The van der Waals surface area contributed by atoms with Gasteiger partial charge in [-0.05, 0) is 37.0 Å². The summed E-state index contributed by atoms with van der Waals surface area (Å²) in [5.41, 5.74) is 0. The van der Waals surface area contributed by atoms with Crippen molar-refractivity contribution in [2.45, 2.75) is 35.8 Å². The topological polar surface area (TPSA) is 37.3 Å². The van der Waals surface area contributed by atoms with E-state index in [1.54, 1.807) is 6.07 Å². The summed E-state index contributed by atoms with van der Waals surface area (Å²) >= 11 is 7.38. The van der Waals surface area contributed by atoms with Gasteiger partial charge in [-0.2, -0.15) is 0 Å². The molecule has 0 spiro atoms. The van der Waals surface area contributed by atoms with Crippen molar-refractivity contribution in [2.75, 3.05) is 0 Å². The molecule has 0 bridgehead atoms. The molecule has 0 radical (unpaired) electrons. The summed E-state index contributed by atoms with van der Waals surface area (Å²) in [7, 11) is 0. The van der Waals surface area contributed by atoms with Crippen LogP contribution in [0.5, 0.6) is 0 Å². The smallest absolute Gasteiger partial charge is 0.320 e. The lowest BCUT2D eigenvalue weighted by atomic mass is 9.97. The van der Waals surface area contributed by atoms with Crippen molar-refractivity contribution in [3.8, 4) is 0 Å². The van der Waals surface area contributed by atoms with Gasteiger partial charge in [0.15, 0.2) is 0 Å². The fraction of sp³-hybridized carbons (Fsp3) is 0.462. The quantitative estimate of drug-likeness (QED) is 0.899. The van der Waals surface area contributed by atoms with E-state index >= 15 is 0 Å². The molecule has 1 N–H and O–H groups in total. The van der Waals surface area contributed by atoms with Crippen LogP contribution in [-0.2, 0) is 4.79 Å². The number of carboxylic acids is 1. The Kier molecular flexibility index (Phi) is 3.69. The van der Waals surface area contributed by atoms with Gasteiger partial charge in [-0.3, -0.25) is 4.79 Å². The highest BCUT2D eigenvalue weighted by atomic mass is 35.5. The summed E-state index contributed by atoms with van der Waals surface area (Å²) in [6.45, 7) is 2.03. The monoisotopic (exact) mass is 270 g/mol. The van der Waals surface area contributed by atoms with Crippen molar-refractivity contribution in [2.24, 2.45) is 5.92 Å². The maximum Gasteiger partial charge on any atom is 0.320 e. The minimum Gasteiger partial charge on any atom is -0.480 e. The summed E-state index contributed by atoms with van der Waals surface area (Å²) in [4.78, 5) is 12.5. The van der Waals surface area contributed by atoms with Crippen molar-refractivity contribution >= 4 is 29.3 Å². The fourth-order valence-corrected chi connectivity index (χ4v) is 4.07. The van der Waals surface area contributed by atoms with E-state index in [4.69, 9.17) is 11.6 Å². The molecule has 92 valence electrons. The Morgan fingerprint density at radius 2 is 2.35 bits per heavy atom. The Morgan fingerprint density at radius 3 is 2.88 bits per heavy atom. The number of aliphatic carboxylic acids is 1. The van der Waals surface area contributed by atoms with E-state index in [1.165, 1.54) is 11.8 Å². The molecule has 2 atom stereocenters. The number of rotatable bonds is 3. The summed E-state index contributed by atoms with van der Waals surface area (Å²) in [5.74, 6) is -0.503. The second-order valence-corrected chi connectivity index (χ2v) is 6.39. The van der Waals surface area contributed by atoms with Crippen LogP contribution in [0.4, 0.5) is 0 Å². The lowest BCUT2D eigenvalue weighted by Gasteiger charge is -2.28. The molecule has 1 aromatic rings. The van der Waals surface area contributed by atoms with Crippen molar-refractivity contribution in [3.05, 3.63) is 29.3 Å². The van der Waals surface area contributed by atoms with Crippen LogP contribution >= 0.6 is 23.4 Å². The summed E-state index contributed by atoms with van der Waals surface area (Å²) in [5, 5.41) is 10.2. The summed E-state index contributed by atoms with van der Waals surface area (Å²) < 4.78 is -0.676. The first-order valence-electron chi connectivity index (χ1n) is 5.72. The first kappa shape index (κ1) is 12.8. The highest BCUT2D eigenvalue weighted by Gasteiger charge is 2.47. The molecule has 2 unspecified atom stereocenters. The lowest BCUT2D eigenvalue weighted by molar-refractivity contribution is -0.140. The second kappa shape index (κ2) is 4.91. The average molecular weight is 271 g/mol. The van der Waals surface area contributed by atoms with E-state index in [1.807, 2.05) is 25.1 Å². The molecule has 1 saturated carbocycles. The number of hydrogen-bond donors (Lipinski definition) is 1. The van der Waals surface area contributed by atoms with Crippen molar-refractivity contribution in [1.29, 1.82) is 0 Å². The third kappa shape index (κ3) is 2.45. The van der Waals surface area contributed by atoms with Crippen LogP contribution in [0.1, 0.15) is 26.2 Å². The van der Waals surface area contributed by atoms with Crippen LogP contribution in [0.15, 0.2) is 29.2 Å². The molecule has 0 aliphatic heterocycles. The molecular weight excluding hydrogens is 256 g/mol. The van der Waals surface area contributed by atoms with Gasteiger partial charge in [-0.15, -0.1) is 11.8 Å². The van der Waals surface area contributed by atoms with Gasteiger partial charge in [0.1, 0.15) is 4.75 Å². The summed E-state index contributed by atoms with van der Waals surface area (Å²) in [6, 6.07) is 7.42. The van der Waals surface area contributed by atoms with Gasteiger partial charge in [0.25, 0.3) is 0 Å². The number of halogens is 1. The molecule has 0 saturated heterocycles. The number of thioether (sulfide) groups is 1. The van der Waals surface area contributed by atoms with Crippen LogP contribution in [0.2, 0.25) is 5.02 Å². The van der Waals surface area contributed by atoms with Gasteiger partial charge in [0, 0.05) is 9.92 Å². The zero-order valence-corrected chi connectivity index (χ0v) is 11.2. The predicted molar refractivity (Wildman–Crippen MR) is 70.7 cm³/mol. The number of benzene rings is 1. The molecule has 17 heavy (non-hydrogen) atoms. The molecular formula is C13H15ClO2S. The zero-order valence-electron chi connectivity index (χ0n) is 9.65. The van der Waals surface area contributed by atoms with Gasteiger partial charge in [-0.1, -0.05) is 31.0 Å². The molecule has 1 aliphatic carbocycles. The van der Waals surface area contributed by atoms with Crippen molar-refractivity contribution in [1.82, 2.24) is 0 Å². The SMILES string of the molecule is CC1CCCC1(Sc1cccc(Cl)c1)C(=O)O. The molecule has 1 fully saturated rings. The van der Waals surface area contributed by atoms with Gasteiger partial charge in [0.2, 0.25) is 0 Å². The molecule has 1 aliphatic rings. The van der Waals surface area contributed by atoms with Gasteiger partial charge < -0.3 is 5.11 Å². The van der Waals surface area contributed by atoms with Crippen LogP contribution in [0, 0.1) is 5.92 Å². The molecule has 0 aromatic heterocycles. The maximum absolute atomic E-state index is 11.6. The molecule has 0 amide bonds. The van der Waals surface area contributed by atoms with E-state index < -0.39 is 10.7 Å². The van der Waals surface area contributed by atoms with Crippen LogP contribution in [0.25, 0.3) is 0 Å². The van der Waals surface area contributed by atoms with Crippen molar-refractivity contribution in [3.63, 3.8) is 0 Å². The van der Waals surface area contributed by atoms with E-state index in [-0.39, 0.29) is 5.92 Å². The first-order chi connectivity index (χ1) is 8.04. The third-order valence-electron chi connectivity index (χ3n) is 3.44. The molecule has 1 aromatic carbocycles. The maximum atomic E-state index is 11.6. The standard InChI is InChI=1S/C13H15ClO2S/c1-9-4-3-7-13(9,12(15)16)17-11-6-2-5-10(14)8-11/h2,5-6,8-9H,3-4,7H2,1H3,(H,15,16). The Morgan fingerprint density at radius 1 is 1.59 bits per heavy atom. The molecule has 0 heterocycles. The van der Waals surface area contributed by atoms with Gasteiger partial charge in [-0.25, -0.2) is 0 Å². The average Bonchev–Trinajstić information content (AvgIpc) is 2.61. The largest absolute Gasteiger partial charge is 0.480 e. The fourth-order valence-electron chi connectivity index (χ4n) is 2.40. The Balaban J connectivity index is 2.28. The predicted octanol–water partition coefficient (Wildman–Crippen LogP) is 4.08. The number of hydrogen-bond acceptors (Lipinski definition) is 2. The van der Waals surface area contributed by atoms with E-state index in [0.29, 0.717) is 5.02 Å². The number of carboxylic acid groups (broad SMARTS) is 1. The molecule has 2 nitrogen and oxygen atoms in total. The molecule has 2 rings (SSSR count). The highest BCUT2D eigenvalue weighted by molar-refractivity contribution is 8.01.